The summed E-state index contributed by atoms with van der Waals surface area (Å²) in [7, 11) is 0. The standard InChI is InChI=1S/C26H24N2O2/c1-18(29)28-15-14-22-23-16-21(30-17-19-8-4-2-5-9-19)12-13-24(23)27-25(22)26(28)20-10-6-3-7-11-20/h2-13,16,26-27H,14-15,17H2,1H3. The molecule has 0 spiro atoms. The van der Waals surface area contributed by atoms with Gasteiger partial charge in [-0.25, -0.2) is 0 Å². The van der Waals surface area contributed by atoms with E-state index in [-0.39, 0.29) is 11.9 Å². The van der Waals surface area contributed by atoms with Crippen LogP contribution in [0.25, 0.3) is 10.9 Å². The zero-order valence-electron chi connectivity index (χ0n) is 17.0. The van der Waals surface area contributed by atoms with E-state index in [0.717, 1.165) is 34.5 Å². The van der Waals surface area contributed by atoms with Crippen LogP contribution in [0.15, 0.2) is 78.9 Å². The Morgan fingerprint density at radius 2 is 1.77 bits per heavy atom. The monoisotopic (exact) mass is 396 g/mol. The molecule has 0 fully saturated rings. The molecule has 1 aliphatic heterocycles. The number of benzene rings is 3. The van der Waals surface area contributed by atoms with Crippen molar-refractivity contribution < 1.29 is 9.53 Å². The van der Waals surface area contributed by atoms with Crippen molar-refractivity contribution in [3.05, 3.63) is 101 Å². The molecule has 1 unspecified atom stereocenters. The SMILES string of the molecule is CC(=O)N1CCc2c([nH]c3ccc(OCc4ccccc4)cc23)C1c1ccccc1. The van der Waals surface area contributed by atoms with Crippen LogP contribution < -0.4 is 4.74 Å². The van der Waals surface area contributed by atoms with Gasteiger partial charge in [0, 0.05) is 30.1 Å². The van der Waals surface area contributed by atoms with Crippen LogP contribution in [0.3, 0.4) is 0 Å². The van der Waals surface area contributed by atoms with Crippen LogP contribution in [0.4, 0.5) is 0 Å². The van der Waals surface area contributed by atoms with Crippen molar-refractivity contribution in [1.29, 1.82) is 0 Å². The van der Waals surface area contributed by atoms with Crippen molar-refractivity contribution in [3.63, 3.8) is 0 Å². The van der Waals surface area contributed by atoms with Gasteiger partial charge in [-0.15, -0.1) is 0 Å². The molecule has 30 heavy (non-hydrogen) atoms. The van der Waals surface area contributed by atoms with Crippen LogP contribution in [0.5, 0.6) is 5.75 Å². The van der Waals surface area contributed by atoms with Crippen LogP contribution in [0, 0.1) is 0 Å². The molecule has 1 N–H and O–H groups in total. The number of ether oxygens (including phenoxy) is 1. The number of fused-ring (bicyclic) bond motifs is 3. The summed E-state index contributed by atoms with van der Waals surface area (Å²) in [4.78, 5) is 17.9. The van der Waals surface area contributed by atoms with Gasteiger partial charge in [-0.05, 0) is 41.3 Å². The van der Waals surface area contributed by atoms with Crippen molar-refractivity contribution in [2.75, 3.05) is 6.54 Å². The molecular formula is C26H24N2O2. The zero-order valence-corrected chi connectivity index (χ0v) is 17.0. The number of rotatable bonds is 4. The first-order valence-corrected chi connectivity index (χ1v) is 10.3. The molecule has 4 aromatic rings. The lowest BCUT2D eigenvalue weighted by molar-refractivity contribution is -0.130. The molecule has 0 radical (unpaired) electrons. The molecule has 1 amide bonds. The number of aromatic nitrogens is 1. The van der Waals surface area contributed by atoms with E-state index in [4.69, 9.17) is 4.74 Å². The van der Waals surface area contributed by atoms with Crippen LogP contribution >= 0.6 is 0 Å². The van der Waals surface area contributed by atoms with Crippen molar-refractivity contribution >= 4 is 16.8 Å². The number of nitrogens with zero attached hydrogens (tertiary/aromatic N) is 1. The Bertz CT molecular complexity index is 1180. The molecule has 4 heteroatoms. The third-order valence-corrected chi connectivity index (χ3v) is 5.87. The quantitative estimate of drug-likeness (QED) is 0.513. The molecule has 5 rings (SSSR count). The first-order valence-electron chi connectivity index (χ1n) is 10.3. The van der Waals surface area contributed by atoms with Gasteiger partial charge >= 0.3 is 0 Å². The Kier molecular flexibility index (Phi) is 4.75. The fraction of sp³-hybridized carbons (Fsp3) is 0.192. The van der Waals surface area contributed by atoms with E-state index in [1.165, 1.54) is 10.9 Å². The van der Waals surface area contributed by atoms with Crippen LogP contribution in [-0.2, 0) is 17.8 Å². The van der Waals surface area contributed by atoms with Gasteiger partial charge in [0.1, 0.15) is 12.4 Å². The van der Waals surface area contributed by atoms with Gasteiger partial charge in [0.2, 0.25) is 5.91 Å². The highest BCUT2D eigenvalue weighted by Gasteiger charge is 2.33. The summed E-state index contributed by atoms with van der Waals surface area (Å²) < 4.78 is 6.05. The molecule has 0 aliphatic carbocycles. The molecule has 4 nitrogen and oxygen atoms in total. The highest BCUT2D eigenvalue weighted by molar-refractivity contribution is 5.87. The molecular weight excluding hydrogens is 372 g/mol. The number of carbonyl (C=O) groups excluding carboxylic acids is 1. The van der Waals surface area contributed by atoms with Crippen LogP contribution in [0.1, 0.15) is 35.3 Å². The second-order valence-corrected chi connectivity index (χ2v) is 7.77. The first kappa shape index (κ1) is 18.5. The number of aromatic amines is 1. The van der Waals surface area contributed by atoms with Crippen molar-refractivity contribution in [1.82, 2.24) is 9.88 Å². The second kappa shape index (κ2) is 7.71. The summed E-state index contributed by atoms with van der Waals surface area (Å²) in [5, 5.41) is 1.18. The molecule has 1 atom stereocenters. The van der Waals surface area contributed by atoms with Crippen molar-refractivity contribution in [2.24, 2.45) is 0 Å². The summed E-state index contributed by atoms with van der Waals surface area (Å²) in [6.07, 6.45) is 0.834. The van der Waals surface area contributed by atoms with Gasteiger partial charge in [0.05, 0.1) is 6.04 Å². The van der Waals surface area contributed by atoms with Gasteiger partial charge in [-0.3, -0.25) is 4.79 Å². The van der Waals surface area contributed by atoms with Gasteiger partial charge in [-0.2, -0.15) is 0 Å². The molecule has 2 heterocycles. The van der Waals surface area contributed by atoms with Crippen LogP contribution in [-0.4, -0.2) is 22.3 Å². The minimum absolute atomic E-state index is 0.0893. The number of hydrogen-bond acceptors (Lipinski definition) is 2. The van der Waals surface area contributed by atoms with Gasteiger partial charge in [-0.1, -0.05) is 60.7 Å². The van der Waals surface area contributed by atoms with Gasteiger partial charge in [0.15, 0.2) is 0 Å². The molecule has 0 bridgehead atoms. The first-order chi connectivity index (χ1) is 14.7. The van der Waals surface area contributed by atoms with Crippen LogP contribution in [0.2, 0.25) is 0 Å². The Balaban J connectivity index is 1.52. The van der Waals surface area contributed by atoms with E-state index in [2.05, 4.69) is 41.4 Å². The van der Waals surface area contributed by atoms with Gasteiger partial charge < -0.3 is 14.6 Å². The zero-order chi connectivity index (χ0) is 20.5. The summed E-state index contributed by atoms with van der Waals surface area (Å²) in [6.45, 7) is 2.91. The molecule has 0 saturated heterocycles. The summed E-state index contributed by atoms with van der Waals surface area (Å²) in [5.41, 5.74) is 5.74. The molecule has 0 saturated carbocycles. The molecule has 3 aromatic carbocycles. The topological polar surface area (TPSA) is 45.3 Å². The lowest BCUT2D eigenvalue weighted by Crippen LogP contribution is -2.39. The lowest BCUT2D eigenvalue weighted by Gasteiger charge is -2.35. The average molecular weight is 396 g/mol. The minimum Gasteiger partial charge on any atom is -0.489 e. The Labute approximate surface area is 176 Å². The maximum Gasteiger partial charge on any atom is 0.220 e. The molecule has 1 aliphatic rings. The number of carbonyl (C=O) groups is 1. The van der Waals surface area contributed by atoms with E-state index < -0.39 is 0 Å². The highest BCUT2D eigenvalue weighted by atomic mass is 16.5. The Morgan fingerprint density at radius 3 is 2.50 bits per heavy atom. The van der Waals surface area contributed by atoms with E-state index in [0.29, 0.717) is 13.2 Å². The summed E-state index contributed by atoms with van der Waals surface area (Å²) in [5.74, 6) is 0.957. The van der Waals surface area contributed by atoms with Gasteiger partial charge in [0.25, 0.3) is 0 Å². The predicted octanol–water partition coefficient (Wildman–Crippen LogP) is 5.24. The maximum atomic E-state index is 12.4. The van der Waals surface area contributed by atoms with Crippen molar-refractivity contribution in [2.45, 2.75) is 26.0 Å². The lowest BCUT2D eigenvalue weighted by atomic mass is 9.92. The fourth-order valence-electron chi connectivity index (χ4n) is 4.42. The fourth-order valence-corrected chi connectivity index (χ4v) is 4.42. The van der Waals surface area contributed by atoms with E-state index in [1.807, 2.05) is 47.4 Å². The number of amides is 1. The minimum atomic E-state index is -0.0893. The number of H-pyrrole nitrogens is 1. The normalized spacial score (nSPS) is 15.8. The highest BCUT2D eigenvalue weighted by Crippen LogP contribution is 2.39. The Hall–Kier alpha value is -3.53. The largest absolute Gasteiger partial charge is 0.489 e. The Morgan fingerprint density at radius 1 is 1.03 bits per heavy atom. The molecule has 1 aromatic heterocycles. The van der Waals surface area contributed by atoms with E-state index >= 15 is 0 Å². The van der Waals surface area contributed by atoms with E-state index in [1.54, 1.807) is 6.92 Å². The average Bonchev–Trinajstić information content (AvgIpc) is 3.16. The molecule has 150 valence electrons. The third-order valence-electron chi connectivity index (χ3n) is 5.87. The number of nitrogens with one attached hydrogen (secondary N) is 1. The third kappa shape index (κ3) is 3.35. The maximum absolute atomic E-state index is 12.4. The van der Waals surface area contributed by atoms with Crippen molar-refractivity contribution in [3.8, 4) is 5.75 Å². The smallest absolute Gasteiger partial charge is 0.220 e. The number of hydrogen-bond donors (Lipinski definition) is 1. The summed E-state index contributed by atoms with van der Waals surface area (Å²) >= 11 is 0. The second-order valence-electron chi connectivity index (χ2n) is 7.77. The van der Waals surface area contributed by atoms with E-state index in [9.17, 15) is 4.79 Å². The summed E-state index contributed by atoms with van der Waals surface area (Å²) in [6, 6.07) is 26.6. The predicted molar refractivity (Wildman–Crippen MR) is 118 cm³/mol.